The highest BCUT2D eigenvalue weighted by atomic mass is 16.1. The van der Waals surface area contributed by atoms with Gasteiger partial charge in [0.25, 0.3) is 0 Å². The molecule has 0 saturated carbocycles. The molecule has 78 valence electrons. The lowest BCUT2D eigenvalue weighted by Crippen LogP contribution is -2.22. The predicted octanol–water partition coefficient (Wildman–Crippen LogP) is 0.476. The molecule has 1 aromatic rings. The molecule has 0 unspecified atom stereocenters. The van der Waals surface area contributed by atoms with Gasteiger partial charge in [-0.3, -0.25) is 4.79 Å². The summed E-state index contributed by atoms with van der Waals surface area (Å²) in [6, 6.07) is 5.47. The number of fused-ring (bicyclic) bond motifs is 1. The zero-order chi connectivity index (χ0) is 10.8. The van der Waals surface area contributed by atoms with Gasteiger partial charge >= 0.3 is 0 Å². The minimum Gasteiger partial charge on any atom is -0.370 e. The summed E-state index contributed by atoms with van der Waals surface area (Å²) < 4.78 is 0. The fourth-order valence-corrected chi connectivity index (χ4v) is 1.59. The molecular weight excluding hydrogens is 192 g/mol. The third-order valence-corrected chi connectivity index (χ3v) is 2.24. The van der Waals surface area contributed by atoms with Gasteiger partial charge in [-0.15, -0.1) is 0 Å². The molecule has 0 fully saturated rings. The van der Waals surface area contributed by atoms with Gasteiger partial charge in [0.1, 0.15) is 0 Å². The summed E-state index contributed by atoms with van der Waals surface area (Å²) in [5, 5.41) is 2.79. The number of aliphatic imine (C=N–C) groups is 1. The Morgan fingerprint density at radius 1 is 1.33 bits per heavy atom. The number of nitrogens with two attached hydrogens (primary N) is 2. The number of hydrogen-bond acceptors (Lipinski definition) is 2. The van der Waals surface area contributed by atoms with E-state index in [-0.39, 0.29) is 11.9 Å². The van der Waals surface area contributed by atoms with Crippen LogP contribution in [0.3, 0.4) is 0 Å². The van der Waals surface area contributed by atoms with Crippen LogP contribution in [0.25, 0.3) is 0 Å². The molecule has 1 heterocycles. The first-order valence-electron chi connectivity index (χ1n) is 4.67. The van der Waals surface area contributed by atoms with Gasteiger partial charge in [-0.1, -0.05) is 0 Å². The third-order valence-electron chi connectivity index (χ3n) is 2.24. The van der Waals surface area contributed by atoms with Crippen LogP contribution in [0.1, 0.15) is 12.0 Å². The van der Waals surface area contributed by atoms with Gasteiger partial charge in [-0.25, -0.2) is 4.99 Å². The molecule has 1 aliphatic rings. The van der Waals surface area contributed by atoms with Gasteiger partial charge in [0.15, 0.2) is 5.96 Å². The number of amides is 1. The average Bonchev–Trinajstić information content (AvgIpc) is 2.17. The third kappa shape index (κ3) is 2.07. The van der Waals surface area contributed by atoms with E-state index in [1.54, 1.807) is 6.07 Å². The zero-order valence-corrected chi connectivity index (χ0v) is 8.16. The number of aryl methyl sites for hydroxylation is 1. The normalized spacial score (nSPS) is 14.0. The van der Waals surface area contributed by atoms with E-state index in [1.165, 1.54) is 0 Å². The molecule has 0 saturated heterocycles. The fourth-order valence-electron chi connectivity index (χ4n) is 1.59. The van der Waals surface area contributed by atoms with Gasteiger partial charge in [-0.2, -0.15) is 0 Å². The molecule has 5 heteroatoms. The first-order valence-corrected chi connectivity index (χ1v) is 4.67. The standard InChI is InChI=1S/C10H12N4O/c11-10(12)13-7-2-3-8-6(5-7)1-4-9(15)14-8/h2-3,5H,1,4H2,(H,14,15)(H4,11,12,13). The van der Waals surface area contributed by atoms with Gasteiger partial charge < -0.3 is 16.8 Å². The van der Waals surface area contributed by atoms with Crippen LogP contribution < -0.4 is 16.8 Å². The summed E-state index contributed by atoms with van der Waals surface area (Å²) in [6.45, 7) is 0. The first kappa shape index (κ1) is 9.51. The molecule has 0 aromatic heterocycles. The van der Waals surface area contributed by atoms with E-state index in [0.29, 0.717) is 12.1 Å². The van der Waals surface area contributed by atoms with Gasteiger partial charge in [0.2, 0.25) is 5.91 Å². The van der Waals surface area contributed by atoms with Crippen LogP contribution in [-0.4, -0.2) is 11.9 Å². The average molecular weight is 204 g/mol. The van der Waals surface area contributed by atoms with Crippen molar-refractivity contribution in [3.8, 4) is 0 Å². The van der Waals surface area contributed by atoms with E-state index in [0.717, 1.165) is 17.7 Å². The number of anilines is 1. The SMILES string of the molecule is NC(N)=Nc1ccc2c(c1)CCC(=O)N2. The fraction of sp³-hybridized carbons (Fsp3) is 0.200. The molecule has 15 heavy (non-hydrogen) atoms. The molecule has 2 rings (SSSR count). The van der Waals surface area contributed by atoms with E-state index in [2.05, 4.69) is 10.3 Å². The Balaban J connectivity index is 2.35. The Labute approximate surface area is 87.2 Å². The van der Waals surface area contributed by atoms with E-state index < -0.39 is 0 Å². The number of carbonyl (C=O) groups is 1. The molecule has 0 radical (unpaired) electrons. The van der Waals surface area contributed by atoms with Crippen LogP contribution in [0, 0.1) is 0 Å². The molecule has 0 bridgehead atoms. The Hall–Kier alpha value is -2.04. The molecule has 5 N–H and O–H groups in total. The van der Waals surface area contributed by atoms with E-state index in [4.69, 9.17) is 11.5 Å². The molecule has 1 amide bonds. The number of rotatable bonds is 1. The maximum Gasteiger partial charge on any atom is 0.224 e. The number of nitrogens with one attached hydrogen (secondary N) is 1. The molecule has 0 atom stereocenters. The van der Waals surface area contributed by atoms with Gasteiger partial charge in [-0.05, 0) is 30.2 Å². The number of carbonyl (C=O) groups excluding carboxylic acids is 1. The Kier molecular flexibility index (Phi) is 2.29. The molecule has 1 aliphatic heterocycles. The van der Waals surface area contributed by atoms with Crippen LogP contribution >= 0.6 is 0 Å². The summed E-state index contributed by atoms with van der Waals surface area (Å²) in [5.41, 5.74) is 13.2. The van der Waals surface area contributed by atoms with Crippen molar-refractivity contribution in [3.63, 3.8) is 0 Å². The zero-order valence-electron chi connectivity index (χ0n) is 8.16. The summed E-state index contributed by atoms with van der Waals surface area (Å²) in [4.78, 5) is 15.1. The lowest BCUT2D eigenvalue weighted by atomic mass is 10.0. The maximum atomic E-state index is 11.1. The lowest BCUT2D eigenvalue weighted by molar-refractivity contribution is -0.116. The van der Waals surface area contributed by atoms with Crippen molar-refractivity contribution in [2.75, 3.05) is 5.32 Å². The Morgan fingerprint density at radius 2 is 2.13 bits per heavy atom. The Bertz CT molecular complexity index is 435. The molecule has 5 nitrogen and oxygen atoms in total. The smallest absolute Gasteiger partial charge is 0.224 e. The largest absolute Gasteiger partial charge is 0.370 e. The van der Waals surface area contributed by atoms with Crippen molar-refractivity contribution in [2.24, 2.45) is 16.5 Å². The quantitative estimate of drug-likeness (QED) is 0.458. The highest BCUT2D eigenvalue weighted by molar-refractivity contribution is 5.94. The minimum absolute atomic E-state index is 0.0368. The second kappa shape index (κ2) is 3.61. The van der Waals surface area contributed by atoms with Gasteiger partial charge in [0, 0.05) is 12.1 Å². The number of guanidine groups is 1. The van der Waals surface area contributed by atoms with Crippen LogP contribution in [0.5, 0.6) is 0 Å². The van der Waals surface area contributed by atoms with Crippen LogP contribution in [0.15, 0.2) is 23.2 Å². The van der Waals surface area contributed by atoms with Crippen molar-refractivity contribution >= 4 is 23.2 Å². The van der Waals surface area contributed by atoms with E-state index in [9.17, 15) is 4.79 Å². The summed E-state index contributed by atoms with van der Waals surface area (Å²) in [5.74, 6) is 0.0897. The molecule has 0 aliphatic carbocycles. The maximum absolute atomic E-state index is 11.1. The summed E-state index contributed by atoms with van der Waals surface area (Å²) in [7, 11) is 0. The monoisotopic (exact) mass is 204 g/mol. The van der Waals surface area contributed by atoms with E-state index in [1.807, 2.05) is 12.1 Å². The second-order valence-corrected chi connectivity index (χ2v) is 3.43. The Morgan fingerprint density at radius 3 is 2.87 bits per heavy atom. The molecule has 1 aromatic carbocycles. The highest BCUT2D eigenvalue weighted by Gasteiger charge is 2.14. The van der Waals surface area contributed by atoms with Crippen molar-refractivity contribution in [2.45, 2.75) is 12.8 Å². The summed E-state index contributed by atoms with van der Waals surface area (Å²) >= 11 is 0. The number of nitrogens with zero attached hydrogens (tertiary/aromatic N) is 1. The topological polar surface area (TPSA) is 93.5 Å². The van der Waals surface area contributed by atoms with Gasteiger partial charge in [0.05, 0.1) is 5.69 Å². The van der Waals surface area contributed by atoms with Crippen molar-refractivity contribution in [3.05, 3.63) is 23.8 Å². The summed E-state index contributed by atoms with van der Waals surface area (Å²) in [6.07, 6.45) is 1.24. The van der Waals surface area contributed by atoms with Crippen molar-refractivity contribution < 1.29 is 4.79 Å². The number of hydrogen-bond donors (Lipinski definition) is 3. The van der Waals surface area contributed by atoms with Crippen molar-refractivity contribution in [1.82, 2.24) is 0 Å². The number of benzene rings is 1. The van der Waals surface area contributed by atoms with Crippen molar-refractivity contribution in [1.29, 1.82) is 0 Å². The molecular formula is C10H12N4O. The second-order valence-electron chi connectivity index (χ2n) is 3.43. The lowest BCUT2D eigenvalue weighted by Gasteiger charge is -2.16. The first-order chi connectivity index (χ1) is 7.15. The predicted molar refractivity (Wildman–Crippen MR) is 58.9 cm³/mol. The highest BCUT2D eigenvalue weighted by Crippen LogP contribution is 2.26. The minimum atomic E-state index is 0.0368. The van der Waals surface area contributed by atoms with Crippen LogP contribution in [0.4, 0.5) is 11.4 Å². The van der Waals surface area contributed by atoms with Crippen LogP contribution in [0.2, 0.25) is 0 Å². The van der Waals surface area contributed by atoms with E-state index >= 15 is 0 Å². The molecule has 0 spiro atoms. The van der Waals surface area contributed by atoms with Crippen LogP contribution in [-0.2, 0) is 11.2 Å².